The fraction of sp³-hybridized carbons (Fsp3) is 0.308. The maximum Gasteiger partial charge on any atom is 0.128 e. The number of nitrogens with zero attached hydrogens (tertiary/aromatic N) is 1. The van der Waals surface area contributed by atoms with Gasteiger partial charge in [0.15, 0.2) is 0 Å². The van der Waals surface area contributed by atoms with Crippen molar-refractivity contribution >= 4 is 0 Å². The van der Waals surface area contributed by atoms with E-state index in [9.17, 15) is 0 Å². The molecule has 0 aliphatic heterocycles. The minimum atomic E-state index is 0.685. The van der Waals surface area contributed by atoms with Gasteiger partial charge in [0.05, 0.1) is 19.0 Å². The highest BCUT2D eigenvalue weighted by Crippen LogP contribution is 2.27. The molecule has 0 fully saturated rings. The van der Waals surface area contributed by atoms with Crippen molar-refractivity contribution in [2.45, 2.75) is 12.8 Å². The van der Waals surface area contributed by atoms with E-state index in [-0.39, 0.29) is 0 Å². The van der Waals surface area contributed by atoms with Gasteiger partial charge in [-0.2, -0.15) is 0 Å². The first kappa shape index (κ1) is 11.7. The fourth-order valence-corrected chi connectivity index (χ4v) is 1.76. The molecule has 0 saturated carbocycles. The molecule has 1 aromatic heterocycles. The molecule has 0 atom stereocenters. The number of benzene rings is 1. The van der Waals surface area contributed by atoms with Crippen LogP contribution in [0.1, 0.15) is 12.2 Å². The molecule has 1 heterocycles. The van der Waals surface area contributed by atoms with Crippen LogP contribution in [0.3, 0.4) is 0 Å². The van der Waals surface area contributed by atoms with Crippen LogP contribution in [0.2, 0.25) is 0 Å². The average molecular weight is 231 g/mol. The van der Waals surface area contributed by atoms with E-state index in [2.05, 4.69) is 9.97 Å². The highest BCUT2D eigenvalue weighted by atomic mass is 16.5. The molecule has 4 heteroatoms. The molecule has 90 valence electrons. The van der Waals surface area contributed by atoms with Gasteiger partial charge in [0.1, 0.15) is 11.6 Å². The molecule has 0 aliphatic rings. The standard InChI is InChI=1S/C13H17N3O/c1-17-12-6-3-2-5-10(12)11-9-15-13(16-11)7-4-8-14/h2-3,5-6,9H,4,7-8,14H2,1H3,(H,15,16). The van der Waals surface area contributed by atoms with Crippen molar-refractivity contribution in [3.8, 4) is 17.0 Å². The van der Waals surface area contributed by atoms with E-state index in [0.29, 0.717) is 6.54 Å². The van der Waals surface area contributed by atoms with Crippen LogP contribution in [0.25, 0.3) is 11.3 Å². The van der Waals surface area contributed by atoms with Crippen LogP contribution in [0.15, 0.2) is 30.5 Å². The summed E-state index contributed by atoms with van der Waals surface area (Å²) in [6, 6.07) is 7.89. The molecule has 17 heavy (non-hydrogen) atoms. The normalized spacial score (nSPS) is 10.5. The summed E-state index contributed by atoms with van der Waals surface area (Å²) in [4.78, 5) is 7.63. The number of hydrogen-bond donors (Lipinski definition) is 2. The number of methoxy groups -OCH3 is 1. The van der Waals surface area contributed by atoms with E-state index in [0.717, 1.165) is 35.7 Å². The number of aromatic nitrogens is 2. The lowest BCUT2D eigenvalue weighted by molar-refractivity contribution is 0.416. The number of ether oxygens (including phenoxy) is 1. The zero-order valence-corrected chi connectivity index (χ0v) is 9.94. The highest BCUT2D eigenvalue weighted by Gasteiger charge is 2.07. The summed E-state index contributed by atoms with van der Waals surface area (Å²) in [6.45, 7) is 0.685. The van der Waals surface area contributed by atoms with E-state index in [4.69, 9.17) is 10.5 Å². The smallest absolute Gasteiger partial charge is 0.128 e. The minimum absolute atomic E-state index is 0.685. The second-order valence-corrected chi connectivity index (χ2v) is 3.84. The summed E-state index contributed by atoms with van der Waals surface area (Å²) in [5, 5.41) is 0. The summed E-state index contributed by atoms with van der Waals surface area (Å²) in [7, 11) is 1.67. The Morgan fingerprint density at radius 1 is 1.35 bits per heavy atom. The predicted octanol–water partition coefficient (Wildman–Crippen LogP) is 1.98. The Bertz CT molecular complexity index is 479. The van der Waals surface area contributed by atoms with Crippen molar-refractivity contribution in [3.63, 3.8) is 0 Å². The fourth-order valence-electron chi connectivity index (χ4n) is 1.76. The zero-order chi connectivity index (χ0) is 12.1. The van der Waals surface area contributed by atoms with Crippen LogP contribution < -0.4 is 10.5 Å². The van der Waals surface area contributed by atoms with Crippen LogP contribution >= 0.6 is 0 Å². The maximum atomic E-state index is 5.48. The lowest BCUT2D eigenvalue weighted by atomic mass is 10.1. The van der Waals surface area contributed by atoms with Gasteiger partial charge >= 0.3 is 0 Å². The number of imidazole rings is 1. The van der Waals surface area contributed by atoms with Gasteiger partial charge in [0.2, 0.25) is 0 Å². The minimum Gasteiger partial charge on any atom is -0.496 e. The van der Waals surface area contributed by atoms with Gasteiger partial charge in [-0.05, 0) is 25.1 Å². The second-order valence-electron chi connectivity index (χ2n) is 3.84. The van der Waals surface area contributed by atoms with Crippen molar-refractivity contribution in [1.82, 2.24) is 9.97 Å². The third kappa shape index (κ3) is 2.65. The Balaban J connectivity index is 2.24. The largest absolute Gasteiger partial charge is 0.496 e. The lowest BCUT2D eigenvalue weighted by Crippen LogP contribution is -2.01. The Hall–Kier alpha value is -1.81. The number of para-hydroxylation sites is 1. The topological polar surface area (TPSA) is 63.9 Å². The van der Waals surface area contributed by atoms with Gasteiger partial charge < -0.3 is 15.5 Å². The Labute approximate surface area is 101 Å². The van der Waals surface area contributed by atoms with Gasteiger partial charge in [0, 0.05) is 12.0 Å². The van der Waals surface area contributed by atoms with Crippen molar-refractivity contribution in [2.24, 2.45) is 5.73 Å². The van der Waals surface area contributed by atoms with Crippen molar-refractivity contribution in [1.29, 1.82) is 0 Å². The van der Waals surface area contributed by atoms with Crippen LogP contribution in [0.5, 0.6) is 5.75 Å². The van der Waals surface area contributed by atoms with Crippen molar-refractivity contribution < 1.29 is 4.74 Å². The monoisotopic (exact) mass is 231 g/mol. The van der Waals surface area contributed by atoms with E-state index in [1.165, 1.54) is 0 Å². The SMILES string of the molecule is COc1ccccc1-c1cnc(CCCN)[nH]1. The number of nitrogens with one attached hydrogen (secondary N) is 1. The molecule has 0 unspecified atom stereocenters. The third-order valence-corrected chi connectivity index (χ3v) is 2.64. The van der Waals surface area contributed by atoms with Crippen LogP contribution in [0, 0.1) is 0 Å². The molecule has 1 aromatic carbocycles. The molecule has 0 aliphatic carbocycles. The molecule has 0 bridgehead atoms. The Kier molecular flexibility index (Phi) is 3.77. The van der Waals surface area contributed by atoms with Gasteiger partial charge in [-0.25, -0.2) is 4.98 Å². The van der Waals surface area contributed by atoms with E-state index in [1.807, 2.05) is 30.5 Å². The molecule has 0 saturated heterocycles. The summed E-state index contributed by atoms with van der Waals surface area (Å²) in [6.07, 6.45) is 3.66. The van der Waals surface area contributed by atoms with Gasteiger partial charge in [0.25, 0.3) is 0 Å². The first-order valence-electron chi connectivity index (χ1n) is 5.72. The van der Waals surface area contributed by atoms with Crippen LogP contribution in [-0.2, 0) is 6.42 Å². The van der Waals surface area contributed by atoms with Gasteiger partial charge in [-0.15, -0.1) is 0 Å². The number of aryl methyl sites for hydroxylation is 1. The molecule has 0 radical (unpaired) electrons. The van der Waals surface area contributed by atoms with Crippen LogP contribution in [-0.4, -0.2) is 23.6 Å². The first-order chi connectivity index (χ1) is 8.35. The Morgan fingerprint density at radius 2 is 2.18 bits per heavy atom. The lowest BCUT2D eigenvalue weighted by Gasteiger charge is -2.05. The molecule has 0 spiro atoms. The van der Waals surface area contributed by atoms with Gasteiger partial charge in [-0.1, -0.05) is 12.1 Å². The number of hydrogen-bond acceptors (Lipinski definition) is 3. The number of H-pyrrole nitrogens is 1. The molecular weight excluding hydrogens is 214 g/mol. The summed E-state index contributed by atoms with van der Waals surface area (Å²) >= 11 is 0. The van der Waals surface area contributed by atoms with Crippen LogP contribution in [0.4, 0.5) is 0 Å². The molecule has 0 amide bonds. The number of rotatable bonds is 5. The van der Waals surface area contributed by atoms with E-state index < -0.39 is 0 Å². The van der Waals surface area contributed by atoms with Crippen molar-refractivity contribution in [2.75, 3.05) is 13.7 Å². The quantitative estimate of drug-likeness (QED) is 0.827. The summed E-state index contributed by atoms with van der Waals surface area (Å²) in [5.74, 6) is 1.82. The van der Waals surface area contributed by atoms with E-state index >= 15 is 0 Å². The molecular formula is C13H17N3O. The highest BCUT2D eigenvalue weighted by molar-refractivity contribution is 5.66. The molecule has 2 rings (SSSR count). The predicted molar refractivity (Wildman–Crippen MR) is 68.0 cm³/mol. The number of aromatic amines is 1. The summed E-state index contributed by atoms with van der Waals surface area (Å²) < 4.78 is 5.32. The third-order valence-electron chi connectivity index (χ3n) is 2.64. The average Bonchev–Trinajstić information content (AvgIpc) is 2.85. The van der Waals surface area contributed by atoms with Gasteiger partial charge in [-0.3, -0.25) is 0 Å². The first-order valence-corrected chi connectivity index (χ1v) is 5.72. The molecule has 4 nitrogen and oxygen atoms in total. The maximum absolute atomic E-state index is 5.48. The molecule has 2 aromatic rings. The second kappa shape index (κ2) is 5.50. The zero-order valence-electron chi connectivity index (χ0n) is 9.94. The number of nitrogens with two attached hydrogens (primary N) is 1. The van der Waals surface area contributed by atoms with Crippen molar-refractivity contribution in [3.05, 3.63) is 36.3 Å². The van der Waals surface area contributed by atoms with E-state index in [1.54, 1.807) is 7.11 Å². The molecule has 3 N–H and O–H groups in total. The Morgan fingerprint density at radius 3 is 2.94 bits per heavy atom. The summed E-state index contributed by atoms with van der Waals surface area (Å²) in [5.41, 5.74) is 7.49.